The van der Waals surface area contributed by atoms with Gasteiger partial charge >= 0.3 is 0 Å². The van der Waals surface area contributed by atoms with E-state index in [1.807, 2.05) is 12.1 Å². The van der Waals surface area contributed by atoms with Gasteiger partial charge in [-0.2, -0.15) is 0 Å². The smallest absolute Gasteiger partial charge is 0.278 e. The summed E-state index contributed by atoms with van der Waals surface area (Å²) in [6, 6.07) is 32.3. The number of hydrogen-bond donors (Lipinski definition) is 6. The first-order valence-corrected chi connectivity index (χ1v) is 24.5. The van der Waals surface area contributed by atoms with Crippen molar-refractivity contribution in [1.29, 1.82) is 0 Å². The molecule has 22 heteroatoms. The molecule has 0 bridgehead atoms. The van der Waals surface area contributed by atoms with Gasteiger partial charge in [-0.05, 0) is 84.9 Å². The van der Waals surface area contributed by atoms with Crippen molar-refractivity contribution in [2.45, 2.75) is 19.6 Å². The number of nitrogens with two attached hydrogens (primary N) is 6. The summed E-state index contributed by atoms with van der Waals surface area (Å²) in [5.41, 5.74) is 42.0. The third-order valence-corrected chi connectivity index (χ3v) is 15.5. The summed E-state index contributed by atoms with van der Waals surface area (Å²) in [7, 11) is 0. The maximum absolute atomic E-state index is 11.8. The van der Waals surface area contributed by atoms with E-state index in [1.165, 1.54) is 48.2 Å². The highest BCUT2D eigenvalue weighted by molar-refractivity contribution is 8.00. The van der Waals surface area contributed by atoms with Gasteiger partial charge in [-0.15, -0.1) is 0 Å². The molecule has 0 atom stereocenters. The minimum Gasteiger partial charge on any atom is -0.399 e. The molecular weight excluding hydrogens is 1100 g/mol. The van der Waals surface area contributed by atoms with E-state index in [1.54, 1.807) is 72.8 Å². The molecule has 8 rings (SSSR count). The lowest BCUT2D eigenvalue weighted by atomic mass is 10.0. The molecule has 8 aromatic carbocycles. The first-order valence-electron chi connectivity index (χ1n) is 19.8. The van der Waals surface area contributed by atoms with Crippen LogP contribution in [-0.2, 0) is 0 Å². The summed E-state index contributed by atoms with van der Waals surface area (Å²) in [5.74, 6) is 0. The quantitative estimate of drug-likeness (QED) is 0.0426. The molecule has 8 aromatic rings. The number of nitrogens with zero attached hydrogens (tertiary/aromatic N) is 2. The van der Waals surface area contributed by atoms with Crippen molar-refractivity contribution in [2.75, 3.05) is 34.4 Å². The number of nitro groups is 2. The van der Waals surface area contributed by atoms with Crippen LogP contribution in [-0.4, -0.2) is 9.85 Å². The summed E-state index contributed by atoms with van der Waals surface area (Å²) in [6.45, 7) is 0. The average Bonchev–Trinajstić information content (AvgIpc) is 3.28. The average molecular weight is 1130 g/mol. The lowest BCUT2D eigenvalue weighted by molar-refractivity contribution is -0.384. The summed E-state index contributed by atoms with van der Waals surface area (Å²) >= 11 is 54.3. The van der Waals surface area contributed by atoms with E-state index in [4.69, 9.17) is 127 Å². The Morgan fingerprint density at radius 1 is 0.343 bits per heavy atom. The minimum atomic E-state index is -0.567. The first kappa shape index (κ1) is 52.2. The van der Waals surface area contributed by atoms with Crippen molar-refractivity contribution in [3.63, 3.8) is 0 Å². The van der Waals surface area contributed by atoms with E-state index in [2.05, 4.69) is 0 Å². The molecule has 70 heavy (non-hydrogen) atoms. The van der Waals surface area contributed by atoms with Crippen LogP contribution in [0, 0.1) is 20.2 Å². The van der Waals surface area contributed by atoms with E-state index in [0.29, 0.717) is 97.4 Å². The number of anilines is 6. The number of nitrogen functional groups attached to an aromatic ring is 6. The molecule has 0 amide bonds. The topological polar surface area (TPSA) is 242 Å². The summed E-state index contributed by atoms with van der Waals surface area (Å²) in [4.78, 5) is 24.7. The molecular formula is C48H32Cl8N8O4S2. The molecule has 0 saturated heterocycles. The van der Waals surface area contributed by atoms with Crippen molar-refractivity contribution in [2.24, 2.45) is 0 Å². The third-order valence-electron chi connectivity index (χ3n) is 10.4. The highest BCUT2D eigenvalue weighted by Crippen LogP contribution is 2.52. The Bertz CT molecular complexity index is 3220. The molecule has 0 unspecified atom stereocenters. The molecule has 0 aliphatic heterocycles. The number of nitro benzene ring substituents is 2. The molecule has 0 heterocycles. The van der Waals surface area contributed by atoms with Crippen molar-refractivity contribution >= 4 is 162 Å². The van der Waals surface area contributed by atoms with Crippen LogP contribution in [0.5, 0.6) is 0 Å². The van der Waals surface area contributed by atoms with Gasteiger partial charge in [-0.1, -0.05) is 141 Å². The fraction of sp³-hybridized carbons (Fsp3) is 0. The van der Waals surface area contributed by atoms with Gasteiger partial charge in [0.25, 0.3) is 11.4 Å². The molecule has 356 valence electrons. The number of hydrogen-bond acceptors (Lipinski definition) is 12. The lowest BCUT2D eigenvalue weighted by Crippen LogP contribution is -1.98. The zero-order chi connectivity index (χ0) is 50.9. The zero-order valence-corrected chi connectivity index (χ0v) is 43.1. The number of benzene rings is 8. The Hall–Kier alpha value is -5.62. The fourth-order valence-corrected chi connectivity index (χ4v) is 11.4. The summed E-state index contributed by atoms with van der Waals surface area (Å²) < 4.78 is 0. The second-order valence-corrected chi connectivity index (χ2v) is 20.3. The highest BCUT2D eigenvalue weighted by Gasteiger charge is 2.28. The van der Waals surface area contributed by atoms with Gasteiger partial charge < -0.3 is 34.4 Å². The van der Waals surface area contributed by atoms with E-state index >= 15 is 0 Å². The molecule has 0 saturated carbocycles. The normalized spacial score (nSPS) is 11.0. The van der Waals surface area contributed by atoms with Gasteiger partial charge in [-0.25, -0.2) is 0 Å². The monoisotopic (exact) mass is 1130 g/mol. The molecule has 0 radical (unpaired) electrons. The minimum absolute atomic E-state index is 0.0485. The molecule has 0 aliphatic rings. The Balaban J connectivity index is 0.000000208. The van der Waals surface area contributed by atoms with Crippen LogP contribution in [0.1, 0.15) is 0 Å². The zero-order valence-electron chi connectivity index (χ0n) is 35.4. The van der Waals surface area contributed by atoms with Crippen LogP contribution in [0.25, 0.3) is 44.5 Å². The molecule has 0 aromatic heterocycles. The van der Waals surface area contributed by atoms with E-state index < -0.39 is 9.85 Å². The molecule has 12 N–H and O–H groups in total. The van der Waals surface area contributed by atoms with Crippen LogP contribution >= 0.6 is 116 Å². The SMILES string of the molecule is Nc1ccc(-c2c(Cl)ccc(Sc3ccc(Cl)c(-c4ccc(N)cc4Cl)c3N)c2N)c(Cl)c1.Nc1ccc(-c2c([N+](=O)[O-])ccc(Sc3ccc([N+](=O)[O-])c(-c4ccc(N)cc4Cl)c3Cl)c2Cl)c(Cl)c1. The van der Waals surface area contributed by atoms with Gasteiger partial charge in [0.05, 0.1) is 72.5 Å². The van der Waals surface area contributed by atoms with Gasteiger partial charge in [0, 0.05) is 87.8 Å². The predicted molar refractivity (Wildman–Crippen MR) is 296 cm³/mol. The second kappa shape index (κ2) is 21.8. The Labute approximate surface area is 448 Å². The Kier molecular flexibility index (Phi) is 16.3. The van der Waals surface area contributed by atoms with Gasteiger partial charge in [0.2, 0.25) is 0 Å². The number of rotatable bonds is 10. The Morgan fingerprint density at radius 2 is 0.614 bits per heavy atom. The third kappa shape index (κ3) is 11.0. The maximum atomic E-state index is 11.8. The van der Waals surface area contributed by atoms with Crippen molar-refractivity contribution in [1.82, 2.24) is 0 Å². The van der Waals surface area contributed by atoms with E-state index in [9.17, 15) is 20.2 Å². The molecule has 12 nitrogen and oxygen atoms in total. The standard InChI is InChI=1S/C24H14Cl4N4O4S.C24H18Cl4N4S/c25-15-9-11(29)1-3-13(15)21-17(31(33)34)5-7-19(23(21)27)37-20-8-6-18(32(35)36)22(24(20)28)14-4-2-12(30)10-16(14)26;25-15-5-7-19(23(31)21(15)13-3-1-11(29)9-17(13)27)33-20-8-6-16(26)22(24(20)32)14-4-2-12(30)10-18(14)28/h1-10H,29-30H2;1-10H,29-32H2. The fourth-order valence-electron chi connectivity index (χ4n) is 7.11. The number of halogens is 8. The molecule has 0 aliphatic carbocycles. The van der Waals surface area contributed by atoms with Crippen molar-refractivity contribution in [3.05, 3.63) is 182 Å². The van der Waals surface area contributed by atoms with E-state index in [0.717, 1.165) is 21.6 Å². The molecule has 0 fully saturated rings. The van der Waals surface area contributed by atoms with Crippen molar-refractivity contribution < 1.29 is 9.85 Å². The van der Waals surface area contributed by atoms with Crippen LogP contribution in [0.2, 0.25) is 40.2 Å². The first-order chi connectivity index (χ1) is 33.2. The van der Waals surface area contributed by atoms with Crippen LogP contribution in [0.4, 0.5) is 45.5 Å². The highest BCUT2D eigenvalue weighted by atomic mass is 35.5. The predicted octanol–water partition coefficient (Wildman–Crippen LogP) is 16.9. The Morgan fingerprint density at radius 3 is 0.900 bits per heavy atom. The molecule has 0 spiro atoms. The van der Waals surface area contributed by atoms with Crippen LogP contribution in [0.15, 0.2) is 141 Å². The van der Waals surface area contributed by atoms with Crippen LogP contribution in [0.3, 0.4) is 0 Å². The largest absolute Gasteiger partial charge is 0.399 e. The van der Waals surface area contributed by atoms with Crippen LogP contribution < -0.4 is 34.4 Å². The summed E-state index contributed by atoms with van der Waals surface area (Å²) in [6.07, 6.45) is 0. The lowest BCUT2D eigenvalue weighted by Gasteiger charge is -2.17. The van der Waals surface area contributed by atoms with Gasteiger partial charge in [0.1, 0.15) is 0 Å². The van der Waals surface area contributed by atoms with Crippen molar-refractivity contribution in [3.8, 4) is 44.5 Å². The second-order valence-electron chi connectivity index (χ2n) is 14.9. The van der Waals surface area contributed by atoms with E-state index in [-0.39, 0.29) is 42.6 Å². The van der Waals surface area contributed by atoms with Gasteiger partial charge in [0.15, 0.2) is 0 Å². The summed E-state index contributed by atoms with van der Waals surface area (Å²) in [5, 5.41) is 25.9. The maximum Gasteiger partial charge on any atom is 0.278 e. The van der Waals surface area contributed by atoms with Gasteiger partial charge in [-0.3, -0.25) is 20.2 Å².